The predicted molar refractivity (Wildman–Crippen MR) is 143 cm³/mol. The van der Waals surface area contributed by atoms with Crippen LogP contribution in [0, 0.1) is 0 Å². The molecule has 33 heavy (non-hydrogen) atoms. The molecule has 1 atom stereocenters. The molecule has 2 rings (SSSR count). The highest BCUT2D eigenvalue weighted by atomic mass is 16.5. The highest BCUT2D eigenvalue weighted by molar-refractivity contribution is 5.64. The fourth-order valence-electron chi connectivity index (χ4n) is 4.23. The Labute approximate surface area is 204 Å². The van der Waals surface area contributed by atoms with Gasteiger partial charge in [0.1, 0.15) is 11.5 Å². The van der Waals surface area contributed by atoms with Crippen molar-refractivity contribution in [2.45, 2.75) is 117 Å². The standard InChI is InChI=1S/C31H48O2/c1-4-7-9-11-12-13-14-16-26-32-30-22-18-27(19-23-30)28-20-24-31(25-21-28)33-29(6-3)17-15-10-8-5-2/h18-25,29H,4-17,26H2,1-3H3. The molecule has 0 fully saturated rings. The summed E-state index contributed by atoms with van der Waals surface area (Å²) >= 11 is 0. The summed E-state index contributed by atoms with van der Waals surface area (Å²) in [5, 5.41) is 0. The van der Waals surface area contributed by atoms with Crippen LogP contribution in [0.1, 0.15) is 111 Å². The SMILES string of the molecule is CCCCCCCCCCOc1ccc(-c2ccc(OC(CC)CCCCCC)cc2)cc1. The van der Waals surface area contributed by atoms with Crippen molar-refractivity contribution in [1.29, 1.82) is 0 Å². The molecule has 0 bridgehead atoms. The normalized spacial score (nSPS) is 12.0. The lowest BCUT2D eigenvalue weighted by molar-refractivity contribution is 0.182. The van der Waals surface area contributed by atoms with Gasteiger partial charge in [-0.15, -0.1) is 0 Å². The maximum Gasteiger partial charge on any atom is 0.119 e. The Balaban J connectivity index is 1.70. The summed E-state index contributed by atoms with van der Waals surface area (Å²) in [6, 6.07) is 17.0. The molecule has 2 aromatic carbocycles. The molecule has 0 amide bonds. The average molecular weight is 453 g/mol. The average Bonchev–Trinajstić information content (AvgIpc) is 2.85. The van der Waals surface area contributed by atoms with Gasteiger partial charge in [0, 0.05) is 0 Å². The summed E-state index contributed by atoms with van der Waals surface area (Å²) in [5.74, 6) is 1.95. The second kappa shape index (κ2) is 17.5. The number of hydrogen-bond acceptors (Lipinski definition) is 2. The van der Waals surface area contributed by atoms with Crippen LogP contribution < -0.4 is 9.47 Å². The zero-order valence-corrected chi connectivity index (χ0v) is 21.6. The van der Waals surface area contributed by atoms with E-state index in [1.807, 2.05) is 0 Å². The summed E-state index contributed by atoms with van der Waals surface area (Å²) < 4.78 is 12.2. The van der Waals surface area contributed by atoms with E-state index in [0.717, 1.165) is 37.4 Å². The van der Waals surface area contributed by atoms with Crippen molar-refractivity contribution >= 4 is 0 Å². The molecule has 0 radical (unpaired) electrons. The molecular formula is C31H48O2. The summed E-state index contributed by atoms with van der Waals surface area (Å²) in [6.07, 6.45) is 18.4. The van der Waals surface area contributed by atoms with Gasteiger partial charge >= 0.3 is 0 Å². The molecule has 0 N–H and O–H groups in total. The zero-order chi connectivity index (χ0) is 23.6. The van der Waals surface area contributed by atoms with Gasteiger partial charge in [0.2, 0.25) is 0 Å². The fourth-order valence-corrected chi connectivity index (χ4v) is 4.23. The molecule has 0 heterocycles. The number of benzene rings is 2. The molecule has 0 aliphatic heterocycles. The second-order valence-electron chi connectivity index (χ2n) is 9.37. The molecule has 1 unspecified atom stereocenters. The van der Waals surface area contributed by atoms with E-state index in [1.165, 1.54) is 81.8 Å². The van der Waals surface area contributed by atoms with Gasteiger partial charge in [-0.05, 0) is 61.1 Å². The lowest BCUT2D eigenvalue weighted by Gasteiger charge is -2.18. The van der Waals surface area contributed by atoms with E-state index in [4.69, 9.17) is 9.47 Å². The molecule has 184 valence electrons. The molecule has 0 aromatic heterocycles. The van der Waals surface area contributed by atoms with Gasteiger partial charge in [0.25, 0.3) is 0 Å². The van der Waals surface area contributed by atoms with Crippen LogP contribution in [-0.2, 0) is 0 Å². The third kappa shape index (κ3) is 11.6. The van der Waals surface area contributed by atoms with Crippen molar-refractivity contribution in [3.63, 3.8) is 0 Å². The smallest absolute Gasteiger partial charge is 0.119 e. The summed E-state index contributed by atoms with van der Waals surface area (Å²) in [4.78, 5) is 0. The Morgan fingerprint density at radius 3 is 1.58 bits per heavy atom. The van der Waals surface area contributed by atoms with Crippen molar-refractivity contribution in [3.8, 4) is 22.6 Å². The van der Waals surface area contributed by atoms with E-state index >= 15 is 0 Å². The minimum atomic E-state index is 0.324. The third-order valence-electron chi connectivity index (χ3n) is 6.45. The van der Waals surface area contributed by atoms with E-state index in [9.17, 15) is 0 Å². The van der Waals surface area contributed by atoms with E-state index in [2.05, 4.69) is 69.3 Å². The van der Waals surface area contributed by atoms with Crippen molar-refractivity contribution < 1.29 is 9.47 Å². The molecule has 0 spiro atoms. The number of unbranched alkanes of at least 4 members (excludes halogenated alkanes) is 10. The van der Waals surface area contributed by atoms with Crippen LogP contribution in [0.5, 0.6) is 11.5 Å². The van der Waals surface area contributed by atoms with E-state index in [0.29, 0.717) is 6.10 Å². The summed E-state index contributed by atoms with van der Waals surface area (Å²) in [5.41, 5.74) is 2.43. The largest absolute Gasteiger partial charge is 0.494 e. The van der Waals surface area contributed by atoms with Crippen LogP contribution in [0.4, 0.5) is 0 Å². The van der Waals surface area contributed by atoms with Crippen LogP contribution in [0.3, 0.4) is 0 Å². The highest BCUT2D eigenvalue weighted by Gasteiger charge is 2.08. The Morgan fingerprint density at radius 2 is 1.03 bits per heavy atom. The summed E-state index contributed by atoms with van der Waals surface area (Å²) in [7, 11) is 0. The van der Waals surface area contributed by atoms with Gasteiger partial charge in [0.05, 0.1) is 12.7 Å². The molecular weight excluding hydrogens is 404 g/mol. The van der Waals surface area contributed by atoms with Gasteiger partial charge in [0.15, 0.2) is 0 Å². The lowest BCUT2D eigenvalue weighted by Crippen LogP contribution is -2.15. The molecule has 0 saturated heterocycles. The van der Waals surface area contributed by atoms with Gasteiger partial charge in [-0.1, -0.05) is 109 Å². The second-order valence-corrected chi connectivity index (χ2v) is 9.37. The highest BCUT2D eigenvalue weighted by Crippen LogP contribution is 2.26. The minimum Gasteiger partial charge on any atom is -0.494 e. The molecule has 2 aromatic rings. The Morgan fingerprint density at radius 1 is 0.545 bits per heavy atom. The number of ether oxygens (including phenoxy) is 2. The monoisotopic (exact) mass is 452 g/mol. The van der Waals surface area contributed by atoms with Crippen molar-refractivity contribution in [2.75, 3.05) is 6.61 Å². The number of rotatable bonds is 19. The van der Waals surface area contributed by atoms with Crippen LogP contribution in [0.2, 0.25) is 0 Å². The van der Waals surface area contributed by atoms with E-state index < -0.39 is 0 Å². The third-order valence-corrected chi connectivity index (χ3v) is 6.45. The van der Waals surface area contributed by atoms with Gasteiger partial charge < -0.3 is 9.47 Å². The molecule has 2 heteroatoms. The van der Waals surface area contributed by atoms with Crippen molar-refractivity contribution in [2.24, 2.45) is 0 Å². The van der Waals surface area contributed by atoms with Crippen molar-refractivity contribution in [1.82, 2.24) is 0 Å². The van der Waals surface area contributed by atoms with Crippen LogP contribution in [0.25, 0.3) is 11.1 Å². The van der Waals surface area contributed by atoms with Crippen LogP contribution >= 0.6 is 0 Å². The molecule has 0 aliphatic carbocycles. The van der Waals surface area contributed by atoms with Gasteiger partial charge in [-0.3, -0.25) is 0 Å². The first-order valence-corrected chi connectivity index (χ1v) is 13.8. The molecule has 0 saturated carbocycles. The topological polar surface area (TPSA) is 18.5 Å². The van der Waals surface area contributed by atoms with Crippen molar-refractivity contribution in [3.05, 3.63) is 48.5 Å². The first kappa shape index (κ1) is 27.3. The Bertz CT molecular complexity index is 705. The Hall–Kier alpha value is -1.96. The molecule has 2 nitrogen and oxygen atoms in total. The van der Waals surface area contributed by atoms with E-state index in [-0.39, 0.29) is 0 Å². The van der Waals surface area contributed by atoms with E-state index in [1.54, 1.807) is 0 Å². The minimum absolute atomic E-state index is 0.324. The summed E-state index contributed by atoms with van der Waals surface area (Å²) in [6.45, 7) is 7.57. The number of hydrogen-bond donors (Lipinski definition) is 0. The maximum atomic E-state index is 6.23. The fraction of sp³-hybridized carbons (Fsp3) is 0.613. The van der Waals surface area contributed by atoms with Crippen LogP contribution in [-0.4, -0.2) is 12.7 Å². The predicted octanol–water partition coefficient (Wildman–Crippen LogP) is 10.0. The molecule has 0 aliphatic rings. The maximum absolute atomic E-state index is 6.23. The zero-order valence-electron chi connectivity index (χ0n) is 21.6. The lowest BCUT2D eigenvalue weighted by atomic mass is 10.1. The quantitative estimate of drug-likeness (QED) is 0.197. The first-order chi connectivity index (χ1) is 16.3. The van der Waals surface area contributed by atoms with Gasteiger partial charge in [-0.25, -0.2) is 0 Å². The van der Waals surface area contributed by atoms with Crippen LogP contribution in [0.15, 0.2) is 48.5 Å². The first-order valence-electron chi connectivity index (χ1n) is 13.8. The van der Waals surface area contributed by atoms with Gasteiger partial charge in [-0.2, -0.15) is 0 Å². The Kier molecular flexibility index (Phi) is 14.5.